The number of aromatic nitrogens is 1. The topological polar surface area (TPSA) is 54.2 Å². The number of pyridine rings is 1. The van der Waals surface area contributed by atoms with Gasteiger partial charge in [0, 0.05) is 18.7 Å². The smallest absolute Gasteiger partial charge is 0.178 e. The van der Waals surface area contributed by atoms with Gasteiger partial charge in [-0.15, -0.1) is 0 Å². The lowest BCUT2D eigenvalue weighted by Gasteiger charge is -2.33. The molecule has 0 aliphatic rings. The average molecular weight is 286 g/mol. The Morgan fingerprint density at radius 3 is 2.30 bits per heavy atom. The number of anilines is 2. The molecule has 20 heavy (non-hydrogen) atoms. The monoisotopic (exact) mass is 286 g/mol. The summed E-state index contributed by atoms with van der Waals surface area (Å²) < 4.78 is 27.5. The molecule has 0 saturated heterocycles. The third-order valence-corrected chi connectivity index (χ3v) is 3.26. The Labute approximate surface area is 119 Å². The summed E-state index contributed by atoms with van der Waals surface area (Å²) in [6, 6.07) is 0.989. The fourth-order valence-corrected chi connectivity index (χ4v) is 2.29. The largest absolute Gasteiger partial charge is 0.351 e. The van der Waals surface area contributed by atoms with Crippen LogP contribution in [-0.4, -0.2) is 17.6 Å². The van der Waals surface area contributed by atoms with Gasteiger partial charge in [-0.3, -0.25) is 0 Å². The van der Waals surface area contributed by atoms with E-state index in [0.29, 0.717) is 12.5 Å². The molecule has 0 bridgehead atoms. The molecule has 3 N–H and O–H groups in total. The Morgan fingerprint density at radius 1 is 1.25 bits per heavy atom. The summed E-state index contributed by atoms with van der Waals surface area (Å²) in [4.78, 5) is 5.90. The molecular weight excluding hydrogens is 262 g/mol. The van der Waals surface area contributed by atoms with Crippen LogP contribution in [0.15, 0.2) is 6.07 Å². The molecule has 1 rings (SSSR count). The summed E-state index contributed by atoms with van der Waals surface area (Å²) in [6.07, 6.45) is 1.74. The lowest BCUT2D eigenvalue weighted by Crippen LogP contribution is -2.38. The molecule has 0 radical (unpaired) electrons. The van der Waals surface area contributed by atoms with Crippen LogP contribution in [0.2, 0.25) is 0 Å². The van der Waals surface area contributed by atoms with Gasteiger partial charge in [-0.2, -0.15) is 0 Å². The Bertz CT molecular complexity index is 433. The Morgan fingerprint density at radius 2 is 1.85 bits per heavy atom. The van der Waals surface area contributed by atoms with Gasteiger partial charge in [-0.05, 0) is 18.8 Å². The number of nitrogens with two attached hydrogens (primary N) is 1. The fourth-order valence-electron chi connectivity index (χ4n) is 2.29. The van der Waals surface area contributed by atoms with E-state index in [1.165, 1.54) is 0 Å². The van der Waals surface area contributed by atoms with E-state index in [2.05, 4.69) is 24.3 Å². The SMILES string of the molecule is CCC(CC)N(CC(C)C)c1nc(NN)c(F)cc1F. The highest BCUT2D eigenvalue weighted by atomic mass is 19.1. The Kier molecular flexibility index (Phi) is 6.13. The van der Waals surface area contributed by atoms with Crippen molar-refractivity contribution < 1.29 is 8.78 Å². The lowest BCUT2D eigenvalue weighted by atomic mass is 10.1. The van der Waals surface area contributed by atoms with E-state index >= 15 is 0 Å². The van der Waals surface area contributed by atoms with E-state index in [1.54, 1.807) is 0 Å². The quantitative estimate of drug-likeness (QED) is 0.596. The Balaban J connectivity index is 3.25. The van der Waals surface area contributed by atoms with Crippen LogP contribution in [0.1, 0.15) is 40.5 Å². The van der Waals surface area contributed by atoms with E-state index in [-0.39, 0.29) is 17.7 Å². The molecule has 0 aliphatic carbocycles. The van der Waals surface area contributed by atoms with Crippen molar-refractivity contribution in [1.82, 2.24) is 4.98 Å². The second kappa shape index (κ2) is 7.38. The zero-order valence-electron chi connectivity index (χ0n) is 12.6. The van der Waals surface area contributed by atoms with Gasteiger partial charge in [0.15, 0.2) is 23.3 Å². The first-order valence-electron chi connectivity index (χ1n) is 7.03. The zero-order valence-corrected chi connectivity index (χ0v) is 12.6. The molecule has 4 nitrogen and oxygen atoms in total. The standard InChI is InChI=1S/C14H24F2N4/c1-5-10(6-2)20(8-9(3)4)14-12(16)7-11(15)13(18-14)19-17/h7,9-10H,5-6,8,17H2,1-4H3,(H,18,19). The molecule has 0 amide bonds. The second-order valence-corrected chi connectivity index (χ2v) is 5.29. The van der Waals surface area contributed by atoms with Crippen molar-refractivity contribution >= 4 is 11.6 Å². The maximum atomic E-state index is 14.1. The van der Waals surface area contributed by atoms with Crippen molar-refractivity contribution in [1.29, 1.82) is 0 Å². The third-order valence-electron chi connectivity index (χ3n) is 3.26. The maximum Gasteiger partial charge on any atom is 0.178 e. The van der Waals surface area contributed by atoms with Gasteiger partial charge in [-0.1, -0.05) is 27.7 Å². The van der Waals surface area contributed by atoms with Gasteiger partial charge in [0.1, 0.15) is 0 Å². The van der Waals surface area contributed by atoms with Crippen LogP contribution >= 0.6 is 0 Å². The zero-order chi connectivity index (χ0) is 15.3. The van der Waals surface area contributed by atoms with Crippen molar-refractivity contribution in [2.45, 2.75) is 46.6 Å². The average Bonchev–Trinajstić information content (AvgIpc) is 2.39. The van der Waals surface area contributed by atoms with Crippen molar-refractivity contribution in [3.63, 3.8) is 0 Å². The lowest BCUT2D eigenvalue weighted by molar-refractivity contribution is 0.486. The number of rotatable bonds is 7. The van der Waals surface area contributed by atoms with Crippen LogP contribution in [0.3, 0.4) is 0 Å². The van der Waals surface area contributed by atoms with Gasteiger partial charge in [0.05, 0.1) is 0 Å². The number of hydrogen-bond donors (Lipinski definition) is 2. The number of nitrogens with zero attached hydrogens (tertiary/aromatic N) is 2. The van der Waals surface area contributed by atoms with Crippen molar-refractivity contribution in [2.24, 2.45) is 11.8 Å². The second-order valence-electron chi connectivity index (χ2n) is 5.29. The number of nitrogen functional groups attached to an aromatic ring is 1. The molecule has 0 aliphatic heterocycles. The minimum Gasteiger partial charge on any atom is -0.351 e. The number of hydrazine groups is 1. The summed E-state index contributed by atoms with van der Waals surface area (Å²) in [5.74, 6) is 4.13. The molecule has 0 spiro atoms. The number of hydrogen-bond acceptors (Lipinski definition) is 4. The van der Waals surface area contributed by atoms with Crippen molar-refractivity contribution in [3.8, 4) is 0 Å². The van der Waals surface area contributed by atoms with E-state index in [4.69, 9.17) is 5.84 Å². The van der Waals surface area contributed by atoms with Crippen LogP contribution in [0.4, 0.5) is 20.4 Å². The van der Waals surface area contributed by atoms with Crippen LogP contribution in [0.5, 0.6) is 0 Å². The molecular formula is C14H24F2N4. The van der Waals surface area contributed by atoms with Crippen molar-refractivity contribution in [2.75, 3.05) is 16.9 Å². The fraction of sp³-hybridized carbons (Fsp3) is 0.643. The molecule has 0 saturated carbocycles. The minimum absolute atomic E-state index is 0.138. The molecule has 1 aromatic heterocycles. The van der Waals surface area contributed by atoms with Gasteiger partial charge in [0.2, 0.25) is 0 Å². The normalized spacial score (nSPS) is 11.2. The maximum absolute atomic E-state index is 14.1. The van der Waals surface area contributed by atoms with E-state index < -0.39 is 11.6 Å². The first-order chi connectivity index (χ1) is 9.44. The van der Waals surface area contributed by atoms with E-state index in [9.17, 15) is 8.78 Å². The molecule has 1 heterocycles. The van der Waals surface area contributed by atoms with Crippen LogP contribution in [0, 0.1) is 17.6 Å². The van der Waals surface area contributed by atoms with Crippen LogP contribution in [0.25, 0.3) is 0 Å². The summed E-state index contributed by atoms with van der Waals surface area (Å²) in [5, 5.41) is 0. The molecule has 0 fully saturated rings. The van der Waals surface area contributed by atoms with Crippen molar-refractivity contribution in [3.05, 3.63) is 17.7 Å². The first-order valence-corrected chi connectivity index (χ1v) is 7.03. The molecule has 1 aromatic rings. The Hall–Kier alpha value is -1.43. The number of halogens is 2. The minimum atomic E-state index is -0.789. The van der Waals surface area contributed by atoms with Gasteiger partial charge in [-0.25, -0.2) is 19.6 Å². The van der Waals surface area contributed by atoms with Crippen LogP contribution < -0.4 is 16.2 Å². The summed E-state index contributed by atoms with van der Waals surface area (Å²) in [5.41, 5.74) is 2.17. The highest BCUT2D eigenvalue weighted by molar-refractivity contribution is 5.49. The van der Waals surface area contributed by atoms with E-state index in [0.717, 1.165) is 18.9 Å². The highest BCUT2D eigenvalue weighted by Gasteiger charge is 2.23. The van der Waals surface area contributed by atoms with Gasteiger partial charge in [0.25, 0.3) is 0 Å². The predicted octanol–water partition coefficient (Wildman–Crippen LogP) is 3.30. The first kappa shape index (κ1) is 16.6. The predicted molar refractivity (Wildman–Crippen MR) is 78.5 cm³/mol. The molecule has 0 aromatic carbocycles. The highest BCUT2D eigenvalue weighted by Crippen LogP contribution is 2.26. The molecule has 0 atom stereocenters. The third kappa shape index (κ3) is 3.79. The summed E-state index contributed by atoms with van der Waals surface area (Å²) in [7, 11) is 0. The van der Waals surface area contributed by atoms with Gasteiger partial charge >= 0.3 is 0 Å². The van der Waals surface area contributed by atoms with E-state index in [1.807, 2.05) is 18.7 Å². The van der Waals surface area contributed by atoms with Crippen LogP contribution in [-0.2, 0) is 0 Å². The molecule has 6 heteroatoms. The molecule has 0 unspecified atom stereocenters. The number of nitrogens with one attached hydrogen (secondary N) is 1. The molecule has 114 valence electrons. The summed E-state index contributed by atoms with van der Waals surface area (Å²) in [6.45, 7) is 8.86. The summed E-state index contributed by atoms with van der Waals surface area (Å²) >= 11 is 0. The van der Waals surface area contributed by atoms with Gasteiger partial charge < -0.3 is 10.3 Å².